The monoisotopic (exact) mass is 319 g/mol. The molecule has 0 aliphatic heterocycles. The smallest absolute Gasteiger partial charge is 0.120 e. The van der Waals surface area contributed by atoms with Gasteiger partial charge < -0.3 is 19.8 Å². The zero-order valence-corrected chi connectivity index (χ0v) is 14.3. The van der Waals surface area contributed by atoms with Crippen LogP contribution in [0.3, 0.4) is 0 Å². The summed E-state index contributed by atoms with van der Waals surface area (Å²) < 4.78 is 23.3. The Bertz CT molecular complexity index is 705. The maximum Gasteiger partial charge on any atom is 0.120 e. The summed E-state index contributed by atoms with van der Waals surface area (Å²) in [6, 6.07) is 11.4. The topological polar surface area (TPSA) is 61.6 Å². The number of ether oxygens (including phenoxy) is 2. The molecular formula is C17H22NO3P. The van der Waals surface area contributed by atoms with Gasteiger partial charge in [0.1, 0.15) is 25.2 Å². The van der Waals surface area contributed by atoms with Crippen molar-refractivity contribution in [3.8, 4) is 11.5 Å². The fraction of sp³-hybridized carbons (Fsp3) is 0.294. The van der Waals surface area contributed by atoms with Gasteiger partial charge in [-0.1, -0.05) is 12.1 Å². The average molecular weight is 319 g/mol. The van der Waals surface area contributed by atoms with Gasteiger partial charge in [-0.3, -0.25) is 0 Å². The molecule has 0 radical (unpaired) electrons. The first-order valence-electron chi connectivity index (χ1n) is 7.02. The second-order valence-electron chi connectivity index (χ2n) is 5.66. The fourth-order valence-electron chi connectivity index (χ4n) is 2.16. The SMILES string of the molecule is COc1ccc(COc2cc(C)c(N)c(P(C)(C)=O)c2)cc1. The van der Waals surface area contributed by atoms with Crippen LogP contribution in [0.2, 0.25) is 0 Å². The maximum atomic E-state index is 12.3. The quantitative estimate of drug-likeness (QED) is 0.677. The van der Waals surface area contributed by atoms with Crippen molar-refractivity contribution in [2.45, 2.75) is 13.5 Å². The van der Waals surface area contributed by atoms with E-state index in [1.165, 1.54) is 0 Å². The molecule has 0 unspecified atom stereocenters. The number of nitrogen functional groups attached to an aromatic ring is 1. The lowest BCUT2D eigenvalue weighted by Gasteiger charge is -2.15. The van der Waals surface area contributed by atoms with Gasteiger partial charge in [0.2, 0.25) is 0 Å². The molecule has 0 aliphatic carbocycles. The van der Waals surface area contributed by atoms with Crippen LogP contribution in [0.15, 0.2) is 36.4 Å². The highest BCUT2D eigenvalue weighted by molar-refractivity contribution is 7.70. The van der Waals surface area contributed by atoms with Gasteiger partial charge in [0, 0.05) is 11.0 Å². The standard InChI is InChI=1S/C17H22NO3P/c1-12-9-15(10-16(17(12)18)22(3,4)19)21-11-13-5-7-14(20-2)8-6-13/h5-10H,11,18H2,1-4H3. The van der Waals surface area contributed by atoms with Crippen LogP contribution in [-0.2, 0) is 11.2 Å². The molecule has 2 rings (SSSR count). The second kappa shape index (κ2) is 6.45. The number of aryl methyl sites for hydroxylation is 1. The molecule has 0 aromatic heterocycles. The van der Waals surface area contributed by atoms with Crippen molar-refractivity contribution in [2.24, 2.45) is 0 Å². The Labute approximate surface area is 131 Å². The molecule has 2 aromatic rings. The van der Waals surface area contributed by atoms with Crippen molar-refractivity contribution < 1.29 is 14.0 Å². The highest BCUT2D eigenvalue weighted by Gasteiger charge is 2.17. The number of benzene rings is 2. The van der Waals surface area contributed by atoms with E-state index in [9.17, 15) is 4.57 Å². The van der Waals surface area contributed by atoms with Crippen LogP contribution in [0.25, 0.3) is 0 Å². The van der Waals surface area contributed by atoms with Crippen LogP contribution in [0, 0.1) is 6.92 Å². The third-order valence-corrected chi connectivity index (χ3v) is 5.01. The van der Waals surface area contributed by atoms with Gasteiger partial charge >= 0.3 is 0 Å². The van der Waals surface area contributed by atoms with E-state index < -0.39 is 7.14 Å². The Morgan fingerprint density at radius 2 is 1.73 bits per heavy atom. The third kappa shape index (κ3) is 3.83. The van der Waals surface area contributed by atoms with Gasteiger partial charge in [-0.15, -0.1) is 0 Å². The zero-order chi connectivity index (χ0) is 16.3. The van der Waals surface area contributed by atoms with E-state index in [4.69, 9.17) is 15.2 Å². The number of rotatable bonds is 5. The van der Waals surface area contributed by atoms with Gasteiger partial charge in [0.15, 0.2) is 0 Å². The molecular weight excluding hydrogens is 297 g/mol. The maximum absolute atomic E-state index is 12.3. The molecule has 0 fully saturated rings. The number of hydrogen-bond donors (Lipinski definition) is 1. The van der Waals surface area contributed by atoms with E-state index in [-0.39, 0.29) is 0 Å². The molecule has 0 saturated carbocycles. The van der Waals surface area contributed by atoms with Crippen molar-refractivity contribution >= 4 is 18.1 Å². The van der Waals surface area contributed by atoms with E-state index in [0.717, 1.165) is 16.9 Å². The molecule has 0 amide bonds. The minimum absolute atomic E-state index is 0.435. The summed E-state index contributed by atoms with van der Waals surface area (Å²) >= 11 is 0. The normalized spacial score (nSPS) is 11.3. The number of hydrogen-bond acceptors (Lipinski definition) is 4. The molecule has 0 heterocycles. The minimum Gasteiger partial charge on any atom is -0.497 e. The lowest BCUT2D eigenvalue weighted by molar-refractivity contribution is 0.306. The Kier molecular flexibility index (Phi) is 4.82. The number of anilines is 1. The molecule has 2 aromatic carbocycles. The van der Waals surface area contributed by atoms with Crippen molar-refractivity contribution in [1.29, 1.82) is 0 Å². The molecule has 0 bridgehead atoms. The van der Waals surface area contributed by atoms with Crippen LogP contribution in [0.1, 0.15) is 11.1 Å². The fourth-order valence-corrected chi connectivity index (χ4v) is 3.36. The Morgan fingerprint density at radius 1 is 1.09 bits per heavy atom. The zero-order valence-electron chi connectivity index (χ0n) is 13.4. The Morgan fingerprint density at radius 3 is 2.27 bits per heavy atom. The van der Waals surface area contributed by atoms with Crippen LogP contribution < -0.4 is 20.5 Å². The Balaban J connectivity index is 2.19. The average Bonchev–Trinajstić information content (AvgIpc) is 2.47. The molecule has 2 N–H and O–H groups in total. The summed E-state index contributed by atoms with van der Waals surface area (Å²) in [7, 11) is -0.801. The molecule has 118 valence electrons. The van der Waals surface area contributed by atoms with Crippen LogP contribution >= 0.6 is 7.14 Å². The number of nitrogens with two attached hydrogens (primary N) is 1. The van der Waals surface area contributed by atoms with Gasteiger partial charge in [-0.05, 0) is 55.6 Å². The van der Waals surface area contributed by atoms with E-state index in [2.05, 4.69) is 0 Å². The predicted octanol–water partition coefficient (Wildman–Crippen LogP) is 3.41. The van der Waals surface area contributed by atoms with Gasteiger partial charge in [0.05, 0.1) is 7.11 Å². The van der Waals surface area contributed by atoms with Crippen molar-refractivity contribution in [3.63, 3.8) is 0 Å². The summed E-state index contributed by atoms with van der Waals surface area (Å²) in [5, 5.41) is 0.678. The molecule has 0 spiro atoms. The predicted molar refractivity (Wildman–Crippen MR) is 92.0 cm³/mol. The summed E-state index contributed by atoms with van der Waals surface area (Å²) in [5.74, 6) is 1.49. The molecule has 22 heavy (non-hydrogen) atoms. The summed E-state index contributed by atoms with van der Waals surface area (Å²) in [6.07, 6.45) is 0. The van der Waals surface area contributed by atoms with E-state index in [0.29, 0.717) is 23.3 Å². The molecule has 0 aliphatic rings. The minimum atomic E-state index is -2.44. The van der Waals surface area contributed by atoms with Crippen LogP contribution in [-0.4, -0.2) is 20.4 Å². The lowest BCUT2D eigenvalue weighted by atomic mass is 10.2. The molecule has 4 nitrogen and oxygen atoms in total. The molecule has 5 heteroatoms. The first-order valence-corrected chi connectivity index (χ1v) is 9.63. The first kappa shape index (κ1) is 16.4. The van der Waals surface area contributed by atoms with Gasteiger partial charge in [0.25, 0.3) is 0 Å². The van der Waals surface area contributed by atoms with Crippen LogP contribution in [0.4, 0.5) is 5.69 Å². The van der Waals surface area contributed by atoms with Crippen molar-refractivity contribution in [3.05, 3.63) is 47.5 Å². The van der Waals surface area contributed by atoms with E-state index >= 15 is 0 Å². The second-order valence-corrected chi connectivity index (χ2v) is 8.84. The van der Waals surface area contributed by atoms with E-state index in [1.54, 1.807) is 26.5 Å². The van der Waals surface area contributed by atoms with E-state index in [1.807, 2.05) is 37.3 Å². The van der Waals surface area contributed by atoms with Crippen molar-refractivity contribution in [2.75, 3.05) is 26.2 Å². The summed E-state index contributed by atoms with van der Waals surface area (Å²) in [5.41, 5.74) is 8.54. The van der Waals surface area contributed by atoms with Gasteiger partial charge in [-0.2, -0.15) is 0 Å². The third-order valence-electron chi connectivity index (χ3n) is 3.48. The highest BCUT2D eigenvalue weighted by atomic mass is 31.2. The number of methoxy groups -OCH3 is 1. The highest BCUT2D eigenvalue weighted by Crippen LogP contribution is 2.39. The Hall–Kier alpha value is -1.93. The first-order chi connectivity index (χ1) is 10.3. The summed E-state index contributed by atoms with van der Waals surface area (Å²) in [6.45, 7) is 5.76. The largest absolute Gasteiger partial charge is 0.497 e. The van der Waals surface area contributed by atoms with Gasteiger partial charge in [-0.25, -0.2) is 0 Å². The molecule has 0 saturated heterocycles. The summed E-state index contributed by atoms with van der Waals surface area (Å²) in [4.78, 5) is 0. The molecule has 0 atom stereocenters. The lowest BCUT2D eigenvalue weighted by Crippen LogP contribution is -2.12. The van der Waals surface area contributed by atoms with Crippen molar-refractivity contribution in [1.82, 2.24) is 0 Å². The van der Waals surface area contributed by atoms with Crippen LogP contribution in [0.5, 0.6) is 11.5 Å².